The molecule has 0 amide bonds. The van der Waals surface area contributed by atoms with Gasteiger partial charge in [-0.25, -0.2) is 0 Å². The molecule has 1 fully saturated rings. The fourth-order valence-electron chi connectivity index (χ4n) is 1.10. The molecule has 1 aliphatic rings. The maximum absolute atomic E-state index is 5.88. The van der Waals surface area contributed by atoms with Gasteiger partial charge >= 0.3 is 0 Å². The van der Waals surface area contributed by atoms with Gasteiger partial charge in [0.1, 0.15) is 4.33 Å². The van der Waals surface area contributed by atoms with E-state index >= 15 is 0 Å². The molecule has 0 spiro atoms. The molecule has 1 aliphatic carbocycles. The Morgan fingerprint density at radius 2 is 2.12 bits per heavy atom. The van der Waals surface area contributed by atoms with Crippen LogP contribution in [0.5, 0.6) is 0 Å². The standard InChI is InChI=1S/C6H10Cl2/c1-5-3-2-4-6(5,7)8/h5H,2-4H2,1H3. The lowest BCUT2D eigenvalue weighted by Crippen LogP contribution is -2.14. The van der Waals surface area contributed by atoms with Crippen LogP contribution in [0, 0.1) is 5.92 Å². The predicted octanol–water partition coefficient (Wildman–Crippen LogP) is 2.98. The van der Waals surface area contributed by atoms with Crippen LogP contribution < -0.4 is 0 Å². The van der Waals surface area contributed by atoms with E-state index in [4.69, 9.17) is 23.2 Å². The summed E-state index contributed by atoms with van der Waals surface area (Å²) in [6, 6.07) is 0. The largest absolute Gasteiger partial charge is 0.120 e. The van der Waals surface area contributed by atoms with E-state index in [-0.39, 0.29) is 0 Å². The van der Waals surface area contributed by atoms with Crippen LogP contribution in [0.2, 0.25) is 0 Å². The molecule has 0 nitrogen and oxygen atoms in total. The first kappa shape index (κ1) is 6.70. The van der Waals surface area contributed by atoms with Gasteiger partial charge in [0.2, 0.25) is 0 Å². The normalized spacial score (nSPS) is 35.6. The molecule has 2 heteroatoms. The Kier molecular flexibility index (Phi) is 1.74. The van der Waals surface area contributed by atoms with Gasteiger partial charge in [0.25, 0.3) is 0 Å². The molecule has 0 aromatic rings. The van der Waals surface area contributed by atoms with Crippen LogP contribution in [0.3, 0.4) is 0 Å². The second-order valence-corrected chi connectivity index (χ2v) is 4.10. The summed E-state index contributed by atoms with van der Waals surface area (Å²) < 4.78 is -0.403. The molecule has 0 aliphatic heterocycles. The maximum atomic E-state index is 5.88. The van der Waals surface area contributed by atoms with Gasteiger partial charge in [-0.2, -0.15) is 0 Å². The Hall–Kier alpha value is 0.580. The zero-order valence-electron chi connectivity index (χ0n) is 4.95. The van der Waals surface area contributed by atoms with Gasteiger partial charge in [0.15, 0.2) is 0 Å². The summed E-state index contributed by atoms with van der Waals surface area (Å²) >= 11 is 11.8. The summed E-state index contributed by atoms with van der Waals surface area (Å²) in [6.07, 6.45) is 3.35. The molecule has 1 atom stereocenters. The minimum atomic E-state index is -0.403. The van der Waals surface area contributed by atoms with Crippen molar-refractivity contribution in [2.75, 3.05) is 0 Å². The Balaban J connectivity index is 2.54. The molecule has 0 N–H and O–H groups in total. The topological polar surface area (TPSA) is 0 Å². The molecule has 0 bridgehead atoms. The number of hydrogen-bond donors (Lipinski definition) is 0. The monoisotopic (exact) mass is 152 g/mol. The summed E-state index contributed by atoms with van der Waals surface area (Å²) in [6.45, 7) is 2.10. The minimum Gasteiger partial charge on any atom is -0.101 e. The van der Waals surface area contributed by atoms with Gasteiger partial charge < -0.3 is 0 Å². The molecule has 1 unspecified atom stereocenters. The van der Waals surface area contributed by atoms with Crippen molar-refractivity contribution >= 4 is 23.2 Å². The van der Waals surface area contributed by atoms with Crippen LogP contribution in [0.1, 0.15) is 26.2 Å². The van der Waals surface area contributed by atoms with E-state index < -0.39 is 4.33 Å². The van der Waals surface area contributed by atoms with E-state index in [1.165, 1.54) is 12.8 Å². The van der Waals surface area contributed by atoms with Crippen LogP contribution >= 0.6 is 23.2 Å². The highest BCUT2D eigenvalue weighted by Gasteiger charge is 2.35. The van der Waals surface area contributed by atoms with Crippen molar-refractivity contribution < 1.29 is 0 Å². The van der Waals surface area contributed by atoms with Gasteiger partial charge in [-0.05, 0) is 18.8 Å². The Labute approximate surface area is 60.2 Å². The van der Waals surface area contributed by atoms with Gasteiger partial charge in [0.05, 0.1) is 0 Å². The molecule has 0 aromatic heterocycles. The highest BCUT2D eigenvalue weighted by Crippen LogP contribution is 2.43. The lowest BCUT2D eigenvalue weighted by Gasteiger charge is -2.16. The van der Waals surface area contributed by atoms with Crippen molar-refractivity contribution in [1.29, 1.82) is 0 Å². The molecule has 1 rings (SSSR count). The third-order valence-electron chi connectivity index (χ3n) is 1.87. The maximum Gasteiger partial charge on any atom is 0.120 e. The average molecular weight is 153 g/mol. The highest BCUT2D eigenvalue weighted by molar-refractivity contribution is 6.48. The van der Waals surface area contributed by atoms with Crippen molar-refractivity contribution in [2.45, 2.75) is 30.5 Å². The average Bonchev–Trinajstić information content (AvgIpc) is 1.86. The fourth-order valence-corrected chi connectivity index (χ4v) is 1.59. The highest BCUT2D eigenvalue weighted by atomic mass is 35.5. The molecular weight excluding hydrogens is 143 g/mol. The Morgan fingerprint density at radius 1 is 1.50 bits per heavy atom. The first-order valence-electron chi connectivity index (χ1n) is 3.01. The van der Waals surface area contributed by atoms with Gasteiger partial charge in [-0.3, -0.25) is 0 Å². The smallest absolute Gasteiger partial charge is 0.101 e. The third kappa shape index (κ3) is 1.11. The van der Waals surface area contributed by atoms with E-state index in [2.05, 4.69) is 6.92 Å². The summed E-state index contributed by atoms with van der Waals surface area (Å²) in [4.78, 5) is 0. The second-order valence-electron chi connectivity index (χ2n) is 2.55. The zero-order chi connectivity index (χ0) is 6.20. The summed E-state index contributed by atoms with van der Waals surface area (Å²) in [5.41, 5.74) is 0. The zero-order valence-corrected chi connectivity index (χ0v) is 6.47. The van der Waals surface area contributed by atoms with Crippen LogP contribution in [0.15, 0.2) is 0 Å². The molecule has 8 heavy (non-hydrogen) atoms. The van der Waals surface area contributed by atoms with Crippen molar-refractivity contribution in [2.24, 2.45) is 5.92 Å². The SMILES string of the molecule is CC1CCCC1(Cl)Cl. The molecule has 1 saturated carbocycles. The van der Waals surface area contributed by atoms with Crippen molar-refractivity contribution in [1.82, 2.24) is 0 Å². The number of hydrogen-bond acceptors (Lipinski definition) is 0. The summed E-state index contributed by atoms with van der Waals surface area (Å²) in [5.74, 6) is 0.492. The van der Waals surface area contributed by atoms with Gasteiger partial charge in [-0.1, -0.05) is 13.3 Å². The van der Waals surface area contributed by atoms with Crippen molar-refractivity contribution in [3.63, 3.8) is 0 Å². The fraction of sp³-hybridized carbons (Fsp3) is 1.00. The molecule has 0 heterocycles. The van der Waals surface area contributed by atoms with Gasteiger partial charge in [0, 0.05) is 0 Å². The van der Waals surface area contributed by atoms with E-state index in [9.17, 15) is 0 Å². The Morgan fingerprint density at radius 3 is 2.25 bits per heavy atom. The Bertz CT molecular complexity index is 88.5. The lowest BCUT2D eigenvalue weighted by molar-refractivity contribution is 0.580. The first-order valence-corrected chi connectivity index (χ1v) is 3.76. The van der Waals surface area contributed by atoms with Crippen LogP contribution in [0.4, 0.5) is 0 Å². The molecule has 0 aromatic carbocycles. The predicted molar refractivity (Wildman–Crippen MR) is 37.5 cm³/mol. The molecular formula is C6H10Cl2. The van der Waals surface area contributed by atoms with Crippen molar-refractivity contribution in [3.05, 3.63) is 0 Å². The quantitative estimate of drug-likeness (QED) is 0.469. The third-order valence-corrected chi connectivity index (χ3v) is 2.99. The summed E-state index contributed by atoms with van der Waals surface area (Å²) in [7, 11) is 0. The minimum absolute atomic E-state index is 0.403. The van der Waals surface area contributed by atoms with Gasteiger partial charge in [-0.15, -0.1) is 23.2 Å². The number of halogens is 2. The van der Waals surface area contributed by atoms with Crippen LogP contribution in [-0.2, 0) is 0 Å². The van der Waals surface area contributed by atoms with E-state index in [1.54, 1.807) is 0 Å². The first-order chi connectivity index (χ1) is 3.63. The van der Waals surface area contributed by atoms with Crippen molar-refractivity contribution in [3.8, 4) is 0 Å². The second kappa shape index (κ2) is 2.07. The molecule has 0 radical (unpaired) electrons. The van der Waals surface area contributed by atoms with E-state index in [0.29, 0.717) is 5.92 Å². The number of alkyl halides is 2. The molecule has 0 saturated heterocycles. The summed E-state index contributed by atoms with van der Waals surface area (Å²) in [5, 5.41) is 0. The number of rotatable bonds is 0. The van der Waals surface area contributed by atoms with Crippen LogP contribution in [-0.4, -0.2) is 4.33 Å². The lowest BCUT2D eigenvalue weighted by atomic mass is 10.1. The molecule has 48 valence electrons. The van der Waals surface area contributed by atoms with E-state index in [0.717, 1.165) is 6.42 Å². The van der Waals surface area contributed by atoms with E-state index in [1.807, 2.05) is 0 Å². The van der Waals surface area contributed by atoms with Crippen LogP contribution in [0.25, 0.3) is 0 Å².